The van der Waals surface area contributed by atoms with Crippen molar-refractivity contribution in [1.29, 1.82) is 0 Å². The molecule has 2 N–H and O–H groups in total. The van der Waals surface area contributed by atoms with Crippen LogP contribution in [0.25, 0.3) is 0 Å². The Bertz CT molecular complexity index is 1110. The number of amides is 1. The molecular weight excluding hydrogens is 470 g/mol. The van der Waals surface area contributed by atoms with Gasteiger partial charge in [0.25, 0.3) is 0 Å². The lowest BCUT2D eigenvalue weighted by Crippen LogP contribution is -2.65. The molecule has 0 radical (unpaired) electrons. The number of carbonyl (C=O) groups is 5. The highest BCUT2D eigenvalue weighted by atomic mass is 16.6. The summed E-state index contributed by atoms with van der Waals surface area (Å²) in [7, 11) is 1.42. The molecule has 1 saturated carbocycles. The van der Waals surface area contributed by atoms with Crippen LogP contribution in [-0.4, -0.2) is 66.7 Å². The lowest BCUT2D eigenvalue weighted by Gasteiger charge is -2.52. The van der Waals surface area contributed by atoms with E-state index in [0.717, 1.165) is 0 Å². The Balaban J connectivity index is 1.78. The maximum Gasteiger partial charge on any atom is 0.315 e. The van der Waals surface area contributed by atoms with Gasteiger partial charge >= 0.3 is 11.9 Å². The zero-order valence-electron chi connectivity index (χ0n) is 21.2. The maximum absolute atomic E-state index is 14.5. The number of carbonyl (C=O) groups excluding carboxylic acids is 5. The Morgan fingerprint density at radius 1 is 1.25 bits per heavy atom. The van der Waals surface area contributed by atoms with Gasteiger partial charge in [-0.1, -0.05) is 27.7 Å². The standard InChI is InChI=1S/C26H33NO9/c1-6-11(2)21(31)35-13-9-24(3)12(7-8-14(24)28)16-17(13)25(4)15(10-34-5)36-22(32)18-20(30)27-23(33)26(18,25)19(16)29/h11-13,15,18,20,30H,6-10H2,1-5H3,(H,27,33). The molecule has 2 heterocycles. The Morgan fingerprint density at radius 2 is 1.94 bits per heavy atom. The van der Waals surface area contributed by atoms with E-state index in [1.807, 2.05) is 6.92 Å². The Kier molecular flexibility index (Phi) is 5.54. The maximum atomic E-state index is 14.5. The minimum absolute atomic E-state index is 0.0257. The van der Waals surface area contributed by atoms with Gasteiger partial charge in [-0.2, -0.15) is 0 Å². The Hall–Kier alpha value is -2.59. The molecule has 196 valence electrons. The van der Waals surface area contributed by atoms with Crippen molar-refractivity contribution in [2.45, 2.75) is 71.8 Å². The highest BCUT2D eigenvalue weighted by Crippen LogP contribution is 2.70. The number of ketones is 2. The van der Waals surface area contributed by atoms with Crippen LogP contribution in [0.4, 0.5) is 0 Å². The number of methoxy groups -OCH3 is 1. The molecule has 2 saturated heterocycles. The van der Waals surface area contributed by atoms with E-state index in [2.05, 4.69) is 5.32 Å². The topological polar surface area (TPSA) is 145 Å². The van der Waals surface area contributed by atoms with E-state index < -0.39 is 76.1 Å². The quantitative estimate of drug-likeness (QED) is 0.412. The fourth-order valence-electron chi connectivity index (χ4n) is 7.65. The number of ether oxygens (including phenoxy) is 3. The fraction of sp³-hybridized carbons (Fsp3) is 0.731. The second-order valence-corrected chi connectivity index (χ2v) is 11.3. The second-order valence-electron chi connectivity index (χ2n) is 11.3. The van der Waals surface area contributed by atoms with Crippen molar-refractivity contribution in [3.63, 3.8) is 0 Å². The van der Waals surface area contributed by atoms with E-state index in [4.69, 9.17) is 14.2 Å². The molecule has 0 aromatic heterocycles. The summed E-state index contributed by atoms with van der Waals surface area (Å²) < 4.78 is 17.1. The van der Waals surface area contributed by atoms with Crippen LogP contribution in [-0.2, 0) is 38.2 Å². The number of aliphatic hydroxyl groups excluding tert-OH is 1. The summed E-state index contributed by atoms with van der Waals surface area (Å²) in [5.41, 5.74) is -3.71. The van der Waals surface area contributed by atoms with E-state index >= 15 is 0 Å². The summed E-state index contributed by atoms with van der Waals surface area (Å²) in [6.07, 6.45) is -2.26. The van der Waals surface area contributed by atoms with Gasteiger partial charge in [-0.15, -0.1) is 0 Å². The van der Waals surface area contributed by atoms with Crippen LogP contribution in [0.3, 0.4) is 0 Å². The van der Waals surface area contributed by atoms with E-state index in [9.17, 15) is 29.1 Å². The number of rotatable bonds is 5. The summed E-state index contributed by atoms with van der Waals surface area (Å²) in [5.74, 6) is -5.11. The molecule has 10 nitrogen and oxygen atoms in total. The molecule has 5 rings (SSSR count). The highest BCUT2D eigenvalue weighted by molar-refractivity contribution is 6.22. The lowest BCUT2D eigenvalue weighted by molar-refractivity contribution is -0.205. The number of hydrogen-bond acceptors (Lipinski definition) is 9. The van der Waals surface area contributed by atoms with Crippen molar-refractivity contribution in [3.05, 3.63) is 11.1 Å². The molecule has 0 aromatic rings. The van der Waals surface area contributed by atoms with Crippen LogP contribution >= 0.6 is 0 Å². The summed E-state index contributed by atoms with van der Waals surface area (Å²) in [4.78, 5) is 67.4. The summed E-state index contributed by atoms with van der Waals surface area (Å²) in [6, 6.07) is 0. The predicted octanol–water partition coefficient (Wildman–Crippen LogP) is 0.842. The third-order valence-corrected chi connectivity index (χ3v) is 9.78. The van der Waals surface area contributed by atoms with Crippen LogP contribution < -0.4 is 5.32 Å². The van der Waals surface area contributed by atoms with E-state index in [0.29, 0.717) is 18.4 Å². The first-order valence-electron chi connectivity index (χ1n) is 12.6. The van der Waals surface area contributed by atoms with Gasteiger partial charge in [0.2, 0.25) is 5.91 Å². The molecule has 0 aromatic carbocycles. The fourth-order valence-corrected chi connectivity index (χ4v) is 7.65. The van der Waals surface area contributed by atoms with Crippen LogP contribution in [0.5, 0.6) is 0 Å². The molecule has 9 atom stereocenters. The molecule has 10 heteroatoms. The number of cyclic esters (lactones) is 1. The van der Waals surface area contributed by atoms with Crippen molar-refractivity contribution in [2.75, 3.05) is 13.7 Å². The second kappa shape index (κ2) is 7.95. The molecule has 3 fully saturated rings. The largest absolute Gasteiger partial charge is 0.459 e. The van der Waals surface area contributed by atoms with Gasteiger partial charge < -0.3 is 24.6 Å². The van der Waals surface area contributed by atoms with Gasteiger partial charge in [-0.25, -0.2) is 0 Å². The summed E-state index contributed by atoms with van der Waals surface area (Å²) in [6.45, 7) is 6.93. The number of fused-ring (bicyclic) bond motifs is 3. The van der Waals surface area contributed by atoms with Crippen LogP contribution in [0.2, 0.25) is 0 Å². The van der Waals surface area contributed by atoms with Gasteiger partial charge in [0.15, 0.2) is 5.78 Å². The normalized spacial score (nSPS) is 43.9. The molecule has 1 amide bonds. The van der Waals surface area contributed by atoms with Crippen molar-refractivity contribution in [3.8, 4) is 0 Å². The smallest absolute Gasteiger partial charge is 0.315 e. The van der Waals surface area contributed by atoms with Crippen molar-refractivity contribution in [1.82, 2.24) is 5.32 Å². The zero-order valence-corrected chi connectivity index (χ0v) is 21.2. The van der Waals surface area contributed by atoms with E-state index in [1.54, 1.807) is 20.8 Å². The highest BCUT2D eigenvalue weighted by Gasteiger charge is 2.82. The van der Waals surface area contributed by atoms with Crippen molar-refractivity contribution < 1.29 is 43.3 Å². The lowest BCUT2D eigenvalue weighted by atomic mass is 9.53. The third-order valence-electron chi connectivity index (χ3n) is 9.78. The summed E-state index contributed by atoms with van der Waals surface area (Å²) in [5, 5.41) is 13.1. The number of hydrogen-bond donors (Lipinski definition) is 2. The monoisotopic (exact) mass is 503 g/mol. The van der Waals surface area contributed by atoms with Crippen molar-refractivity contribution in [2.24, 2.45) is 34.0 Å². The molecule has 0 bridgehead atoms. The average Bonchev–Trinajstić information content (AvgIpc) is 3.35. The number of Topliss-reactive ketones (excluding diaryl/α,β-unsaturated/α-hetero) is 2. The molecule has 3 aliphatic carbocycles. The first-order chi connectivity index (χ1) is 16.9. The molecule has 36 heavy (non-hydrogen) atoms. The Morgan fingerprint density at radius 3 is 2.58 bits per heavy atom. The van der Waals surface area contributed by atoms with Crippen LogP contribution in [0.15, 0.2) is 11.1 Å². The van der Waals surface area contributed by atoms with Gasteiger partial charge in [0.05, 0.1) is 17.9 Å². The Labute approximate surface area is 209 Å². The first-order valence-corrected chi connectivity index (χ1v) is 12.6. The van der Waals surface area contributed by atoms with E-state index in [1.165, 1.54) is 7.11 Å². The van der Waals surface area contributed by atoms with Crippen LogP contribution in [0, 0.1) is 34.0 Å². The van der Waals surface area contributed by atoms with Gasteiger partial charge in [-0.3, -0.25) is 24.0 Å². The number of esters is 2. The zero-order chi connectivity index (χ0) is 26.4. The van der Waals surface area contributed by atoms with Crippen LogP contribution in [0.1, 0.15) is 53.4 Å². The number of nitrogens with one attached hydrogen (secondary N) is 1. The van der Waals surface area contributed by atoms with Crippen molar-refractivity contribution >= 4 is 29.4 Å². The average molecular weight is 504 g/mol. The minimum atomic E-state index is -1.99. The van der Waals surface area contributed by atoms with E-state index in [-0.39, 0.29) is 30.8 Å². The molecule has 5 aliphatic rings. The molecule has 9 unspecified atom stereocenters. The summed E-state index contributed by atoms with van der Waals surface area (Å²) >= 11 is 0. The predicted molar refractivity (Wildman–Crippen MR) is 122 cm³/mol. The first kappa shape index (κ1) is 25.1. The number of aliphatic hydroxyl groups is 1. The third kappa shape index (κ3) is 2.72. The van der Waals surface area contributed by atoms with Gasteiger partial charge in [-0.05, 0) is 18.4 Å². The molecule has 1 spiro atoms. The van der Waals surface area contributed by atoms with Gasteiger partial charge in [0, 0.05) is 36.9 Å². The minimum Gasteiger partial charge on any atom is -0.459 e. The number of allylic oxidation sites excluding steroid dienone is 1. The molecular formula is C26H33NO9. The molecule has 2 aliphatic heterocycles. The SMILES string of the molecule is CCC(C)C(=O)OC1CC2(C)C(=O)CCC2C2=C1C1(C)C(COC)OC(=O)C3C(O)NC(=O)C31C2=O. The van der Waals surface area contributed by atoms with Gasteiger partial charge in [0.1, 0.15) is 35.6 Å².